The van der Waals surface area contributed by atoms with Crippen LogP contribution in [0.15, 0.2) is 0 Å². The topological polar surface area (TPSA) is 29.3 Å². The molecule has 2 rings (SSSR count). The third kappa shape index (κ3) is 2.73. The molecule has 1 aliphatic carbocycles. The van der Waals surface area contributed by atoms with Crippen LogP contribution in [0.1, 0.15) is 52.4 Å². The van der Waals surface area contributed by atoms with Gasteiger partial charge in [0.15, 0.2) is 0 Å². The minimum absolute atomic E-state index is 0.486. The number of piperidine rings is 1. The molecule has 2 unspecified atom stereocenters. The zero-order valence-corrected chi connectivity index (χ0v) is 10.3. The Morgan fingerprint density at radius 2 is 1.67 bits per heavy atom. The molecule has 88 valence electrons. The first-order chi connectivity index (χ1) is 7.16. The van der Waals surface area contributed by atoms with Crippen molar-refractivity contribution in [2.45, 2.75) is 70.5 Å². The van der Waals surface area contributed by atoms with Crippen LogP contribution in [-0.4, -0.2) is 29.6 Å². The van der Waals surface area contributed by atoms with Crippen molar-refractivity contribution in [2.75, 3.05) is 6.54 Å². The number of likely N-dealkylation sites (tertiary alicyclic amines) is 1. The van der Waals surface area contributed by atoms with Crippen molar-refractivity contribution in [3.05, 3.63) is 0 Å². The molecule has 0 aromatic heterocycles. The molecule has 0 amide bonds. The van der Waals surface area contributed by atoms with Gasteiger partial charge in [0.1, 0.15) is 0 Å². The standard InChI is InChI=1S/C13H26N2/c1-10-7-8-15(11(2)9-10)13-5-3-12(14)4-6-13/h10-13H,3-9,14H2,1-2H3. The van der Waals surface area contributed by atoms with Crippen LogP contribution < -0.4 is 5.73 Å². The summed E-state index contributed by atoms with van der Waals surface area (Å²) < 4.78 is 0. The molecule has 0 spiro atoms. The summed E-state index contributed by atoms with van der Waals surface area (Å²) in [6.45, 7) is 6.12. The van der Waals surface area contributed by atoms with Gasteiger partial charge < -0.3 is 5.73 Å². The summed E-state index contributed by atoms with van der Waals surface area (Å²) in [6, 6.07) is 2.13. The molecular formula is C13H26N2. The fraction of sp³-hybridized carbons (Fsp3) is 1.00. The summed E-state index contributed by atoms with van der Waals surface area (Å²) in [7, 11) is 0. The normalized spacial score (nSPS) is 44.2. The summed E-state index contributed by atoms with van der Waals surface area (Å²) in [5.74, 6) is 0.932. The molecule has 0 bridgehead atoms. The highest BCUT2D eigenvalue weighted by Crippen LogP contribution is 2.29. The van der Waals surface area contributed by atoms with E-state index in [4.69, 9.17) is 5.73 Å². The van der Waals surface area contributed by atoms with Gasteiger partial charge in [-0.2, -0.15) is 0 Å². The molecule has 15 heavy (non-hydrogen) atoms. The second-order valence-electron chi connectivity index (χ2n) is 5.79. The van der Waals surface area contributed by atoms with Gasteiger partial charge in [-0.3, -0.25) is 4.90 Å². The molecule has 0 aromatic carbocycles. The lowest BCUT2D eigenvalue weighted by atomic mass is 9.86. The third-order valence-electron chi connectivity index (χ3n) is 4.40. The van der Waals surface area contributed by atoms with Crippen LogP contribution in [0.3, 0.4) is 0 Å². The summed E-state index contributed by atoms with van der Waals surface area (Å²) in [6.07, 6.45) is 7.93. The SMILES string of the molecule is CC1CCN(C2CCC(N)CC2)C(C)C1. The largest absolute Gasteiger partial charge is 0.328 e. The van der Waals surface area contributed by atoms with Crippen LogP contribution in [0, 0.1) is 5.92 Å². The van der Waals surface area contributed by atoms with Crippen molar-refractivity contribution in [3.63, 3.8) is 0 Å². The minimum atomic E-state index is 0.486. The Labute approximate surface area is 94.2 Å². The average Bonchev–Trinajstić information content (AvgIpc) is 2.20. The molecule has 1 heterocycles. The van der Waals surface area contributed by atoms with Gasteiger partial charge in [-0.1, -0.05) is 6.92 Å². The van der Waals surface area contributed by atoms with E-state index in [1.807, 2.05) is 0 Å². The van der Waals surface area contributed by atoms with E-state index in [-0.39, 0.29) is 0 Å². The van der Waals surface area contributed by atoms with Crippen molar-refractivity contribution in [1.29, 1.82) is 0 Å². The molecule has 2 aliphatic rings. The van der Waals surface area contributed by atoms with Gasteiger partial charge in [0, 0.05) is 18.1 Å². The molecule has 1 saturated carbocycles. The van der Waals surface area contributed by atoms with Crippen LogP contribution in [0.4, 0.5) is 0 Å². The fourth-order valence-corrected chi connectivity index (χ4v) is 3.40. The van der Waals surface area contributed by atoms with Crippen LogP contribution in [0.2, 0.25) is 0 Å². The maximum absolute atomic E-state index is 5.96. The van der Waals surface area contributed by atoms with Crippen molar-refractivity contribution in [3.8, 4) is 0 Å². The zero-order chi connectivity index (χ0) is 10.8. The lowest BCUT2D eigenvalue weighted by Crippen LogP contribution is -2.48. The van der Waals surface area contributed by atoms with E-state index >= 15 is 0 Å². The molecule has 2 fully saturated rings. The fourth-order valence-electron chi connectivity index (χ4n) is 3.40. The highest BCUT2D eigenvalue weighted by Gasteiger charge is 2.30. The van der Waals surface area contributed by atoms with Gasteiger partial charge in [0.05, 0.1) is 0 Å². The first-order valence-corrected chi connectivity index (χ1v) is 6.68. The first kappa shape index (κ1) is 11.4. The van der Waals surface area contributed by atoms with Crippen LogP contribution in [0.5, 0.6) is 0 Å². The molecule has 1 aliphatic heterocycles. The zero-order valence-electron chi connectivity index (χ0n) is 10.3. The minimum Gasteiger partial charge on any atom is -0.328 e. The molecule has 2 heteroatoms. The van der Waals surface area contributed by atoms with Gasteiger partial charge in [-0.15, -0.1) is 0 Å². The molecule has 0 aromatic rings. The summed E-state index contributed by atoms with van der Waals surface area (Å²) in [4.78, 5) is 2.76. The second kappa shape index (κ2) is 4.84. The van der Waals surface area contributed by atoms with Gasteiger partial charge in [-0.05, 0) is 57.9 Å². The summed E-state index contributed by atoms with van der Waals surface area (Å²) in [5.41, 5.74) is 5.96. The highest BCUT2D eigenvalue weighted by molar-refractivity contribution is 4.86. The van der Waals surface area contributed by atoms with Crippen molar-refractivity contribution < 1.29 is 0 Å². The van der Waals surface area contributed by atoms with Crippen LogP contribution in [0.25, 0.3) is 0 Å². The monoisotopic (exact) mass is 210 g/mol. The summed E-state index contributed by atoms with van der Waals surface area (Å²) in [5, 5.41) is 0. The highest BCUT2D eigenvalue weighted by atomic mass is 15.2. The van der Waals surface area contributed by atoms with E-state index in [1.54, 1.807) is 0 Å². The second-order valence-corrected chi connectivity index (χ2v) is 5.79. The number of nitrogens with two attached hydrogens (primary N) is 1. The van der Waals surface area contributed by atoms with E-state index in [0.717, 1.165) is 18.0 Å². The average molecular weight is 210 g/mol. The number of hydrogen-bond donors (Lipinski definition) is 1. The van der Waals surface area contributed by atoms with E-state index in [2.05, 4.69) is 18.7 Å². The Balaban J connectivity index is 1.87. The lowest BCUT2D eigenvalue weighted by molar-refractivity contribution is 0.0599. The van der Waals surface area contributed by atoms with Crippen molar-refractivity contribution >= 4 is 0 Å². The summed E-state index contributed by atoms with van der Waals surface area (Å²) >= 11 is 0. The predicted octanol–water partition coefficient (Wildman–Crippen LogP) is 2.38. The first-order valence-electron chi connectivity index (χ1n) is 6.68. The molecular weight excluding hydrogens is 184 g/mol. The van der Waals surface area contributed by atoms with E-state index in [9.17, 15) is 0 Å². The lowest BCUT2D eigenvalue weighted by Gasteiger charge is -2.44. The Bertz CT molecular complexity index is 197. The molecule has 2 nitrogen and oxygen atoms in total. The van der Waals surface area contributed by atoms with Gasteiger partial charge in [-0.25, -0.2) is 0 Å². The Kier molecular flexibility index (Phi) is 3.68. The number of hydrogen-bond acceptors (Lipinski definition) is 2. The smallest absolute Gasteiger partial charge is 0.00992 e. The third-order valence-corrected chi connectivity index (χ3v) is 4.40. The predicted molar refractivity (Wildman–Crippen MR) is 64.8 cm³/mol. The van der Waals surface area contributed by atoms with Gasteiger partial charge in [0.25, 0.3) is 0 Å². The maximum Gasteiger partial charge on any atom is 0.00992 e. The number of nitrogens with zero attached hydrogens (tertiary/aromatic N) is 1. The van der Waals surface area contributed by atoms with E-state index < -0.39 is 0 Å². The van der Waals surface area contributed by atoms with Crippen molar-refractivity contribution in [2.24, 2.45) is 11.7 Å². The van der Waals surface area contributed by atoms with Crippen LogP contribution in [-0.2, 0) is 0 Å². The molecule has 0 radical (unpaired) electrons. The molecule has 2 atom stereocenters. The molecule has 1 saturated heterocycles. The van der Waals surface area contributed by atoms with Crippen molar-refractivity contribution in [1.82, 2.24) is 4.90 Å². The molecule has 2 N–H and O–H groups in total. The maximum atomic E-state index is 5.96. The van der Waals surface area contributed by atoms with Gasteiger partial charge in [0.2, 0.25) is 0 Å². The number of rotatable bonds is 1. The Hall–Kier alpha value is -0.0800. The quantitative estimate of drug-likeness (QED) is 0.720. The Morgan fingerprint density at radius 3 is 2.27 bits per heavy atom. The Morgan fingerprint density at radius 1 is 1.00 bits per heavy atom. The van der Waals surface area contributed by atoms with Gasteiger partial charge >= 0.3 is 0 Å². The van der Waals surface area contributed by atoms with E-state index in [0.29, 0.717) is 6.04 Å². The van der Waals surface area contributed by atoms with Crippen LogP contribution >= 0.6 is 0 Å². The van der Waals surface area contributed by atoms with E-state index in [1.165, 1.54) is 45.1 Å².